The lowest BCUT2D eigenvalue weighted by Crippen LogP contribution is -1.96. The van der Waals surface area contributed by atoms with Crippen molar-refractivity contribution in [3.63, 3.8) is 0 Å². The minimum atomic E-state index is 0.00899. The number of ether oxygens (including phenoxy) is 1. The first-order valence-corrected chi connectivity index (χ1v) is 9.21. The van der Waals surface area contributed by atoms with Crippen molar-refractivity contribution in [3.8, 4) is 5.75 Å². The van der Waals surface area contributed by atoms with Crippen molar-refractivity contribution in [1.29, 1.82) is 0 Å². The van der Waals surface area contributed by atoms with E-state index >= 15 is 0 Å². The molecule has 0 aromatic heterocycles. The van der Waals surface area contributed by atoms with Crippen molar-refractivity contribution in [3.05, 3.63) is 107 Å². The van der Waals surface area contributed by atoms with Crippen LogP contribution >= 0.6 is 0 Å². The summed E-state index contributed by atoms with van der Waals surface area (Å²) < 4.78 is 5.78. The molecule has 0 N–H and O–H groups in total. The highest BCUT2D eigenvalue weighted by Crippen LogP contribution is 2.17. The van der Waals surface area contributed by atoms with E-state index in [9.17, 15) is 4.79 Å². The Hall–Kier alpha value is -3.13. The van der Waals surface area contributed by atoms with E-state index < -0.39 is 0 Å². The number of hydrogen-bond acceptors (Lipinski definition) is 2. The molecule has 0 heterocycles. The molecule has 27 heavy (non-hydrogen) atoms. The third-order valence-electron chi connectivity index (χ3n) is 4.42. The maximum absolute atomic E-state index is 12.3. The normalized spacial score (nSPS) is 11.1. The lowest BCUT2D eigenvalue weighted by molar-refractivity contribution is 0.104. The highest BCUT2D eigenvalue weighted by molar-refractivity contribution is 6.06. The van der Waals surface area contributed by atoms with Gasteiger partial charge < -0.3 is 4.74 Å². The minimum Gasteiger partial charge on any atom is -0.489 e. The van der Waals surface area contributed by atoms with Gasteiger partial charge in [-0.25, -0.2) is 0 Å². The summed E-state index contributed by atoms with van der Waals surface area (Å²) in [6.45, 7) is 4.83. The van der Waals surface area contributed by atoms with E-state index in [1.165, 1.54) is 5.56 Å². The molecule has 2 heteroatoms. The van der Waals surface area contributed by atoms with E-state index in [4.69, 9.17) is 4.74 Å². The van der Waals surface area contributed by atoms with Crippen LogP contribution in [-0.2, 0) is 6.61 Å². The van der Waals surface area contributed by atoms with Gasteiger partial charge in [-0.3, -0.25) is 4.79 Å². The molecule has 0 aliphatic heterocycles. The highest BCUT2D eigenvalue weighted by Gasteiger charge is 2.04. The molecule has 0 saturated heterocycles. The van der Waals surface area contributed by atoms with Crippen LogP contribution in [-0.4, -0.2) is 5.78 Å². The lowest BCUT2D eigenvalue weighted by atomic mass is 10.0. The summed E-state index contributed by atoms with van der Waals surface area (Å²) in [4.78, 5) is 12.3. The molecule has 0 unspecified atom stereocenters. The van der Waals surface area contributed by atoms with Gasteiger partial charge in [0.2, 0.25) is 0 Å². The topological polar surface area (TPSA) is 26.3 Å². The Bertz CT molecular complexity index is 889. The number of rotatable bonds is 7. The molecule has 0 amide bonds. The van der Waals surface area contributed by atoms with Crippen LogP contribution < -0.4 is 4.74 Å². The Balaban J connectivity index is 1.57. The van der Waals surface area contributed by atoms with Crippen LogP contribution in [0.25, 0.3) is 6.08 Å². The molecule has 0 atom stereocenters. The van der Waals surface area contributed by atoms with Crippen LogP contribution in [0.3, 0.4) is 0 Å². The van der Waals surface area contributed by atoms with Gasteiger partial charge in [-0.2, -0.15) is 0 Å². The molecule has 0 spiro atoms. The first-order chi connectivity index (χ1) is 13.1. The van der Waals surface area contributed by atoms with E-state index in [1.54, 1.807) is 6.08 Å². The van der Waals surface area contributed by atoms with Crippen LogP contribution in [0.4, 0.5) is 0 Å². The molecule has 2 nitrogen and oxygen atoms in total. The molecule has 0 radical (unpaired) electrons. The Labute approximate surface area is 161 Å². The van der Waals surface area contributed by atoms with Crippen LogP contribution in [0.5, 0.6) is 5.75 Å². The Morgan fingerprint density at radius 3 is 2.19 bits per heavy atom. The molecule has 136 valence electrons. The predicted octanol–water partition coefficient (Wildman–Crippen LogP) is 6.29. The van der Waals surface area contributed by atoms with Crippen LogP contribution in [0.2, 0.25) is 0 Å². The first kappa shape index (κ1) is 18.7. The SMILES string of the molecule is CC(C)c1ccc(C(=O)/C=C/c2ccc(OCc3ccccc3)cc2)cc1. The second-order valence-electron chi connectivity index (χ2n) is 6.82. The lowest BCUT2D eigenvalue weighted by Gasteiger charge is -2.06. The van der Waals surface area contributed by atoms with Crippen LogP contribution in [0, 0.1) is 0 Å². The Kier molecular flexibility index (Phi) is 6.22. The number of carbonyl (C=O) groups is 1. The van der Waals surface area contributed by atoms with Gasteiger partial charge in [0.05, 0.1) is 0 Å². The van der Waals surface area contributed by atoms with E-state index in [1.807, 2.05) is 84.9 Å². The van der Waals surface area contributed by atoms with Gasteiger partial charge in [0.15, 0.2) is 5.78 Å². The third-order valence-corrected chi connectivity index (χ3v) is 4.42. The zero-order valence-corrected chi connectivity index (χ0v) is 15.8. The van der Waals surface area contributed by atoms with Crippen molar-refractivity contribution >= 4 is 11.9 Å². The molecule has 0 bridgehead atoms. The zero-order valence-electron chi connectivity index (χ0n) is 15.8. The van der Waals surface area contributed by atoms with Crippen molar-refractivity contribution in [2.75, 3.05) is 0 Å². The quantitative estimate of drug-likeness (QED) is 0.367. The average molecular weight is 356 g/mol. The molecule has 0 aliphatic rings. The minimum absolute atomic E-state index is 0.00899. The fourth-order valence-corrected chi connectivity index (χ4v) is 2.72. The van der Waals surface area contributed by atoms with Gasteiger partial charge in [-0.05, 0) is 40.8 Å². The molecular formula is C25H24O2. The number of allylic oxidation sites excluding steroid dienone is 1. The smallest absolute Gasteiger partial charge is 0.185 e. The fraction of sp³-hybridized carbons (Fsp3) is 0.160. The van der Waals surface area contributed by atoms with Gasteiger partial charge in [0.1, 0.15) is 12.4 Å². The van der Waals surface area contributed by atoms with E-state index in [0.717, 1.165) is 16.9 Å². The van der Waals surface area contributed by atoms with E-state index in [-0.39, 0.29) is 5.78 Å². The first-order valence-electron chi connectivity index (χ1n) is 9.21. The number of carbonyl (C=O) groups excluding carboxylic acids is 1. The summed E-state index contributed by atoms with van der Waals surface area (Å²) in [7, 11) is 0. The number of hydrogen-bond donors (Lipinski definition) is 0. The van der Waals surface area contributed by atoms with Crippen molar-refractivity contribution in [1.82, 2.24) is 0 Å². The highest BCUT2D eigenvalue weighted by atomic mass is 16.5. The van der Waals surface area contributed by atoms with Crippen molar-refractivity contribution < 1.29 is 9.53 Å². The van der Waals surface area contributed by atoms with Gasteiger partial charge >= 0.3 is 0 Å². The molecule has 0 fully saturated rings. The largest absolute Gasteiger partial charge is 0.489 e. The molecular weight excluding hydrogens is 332 g/mol. The standard InChI is InChI=1S/C25H24O2/c1-19(2)22-11-13-23(14-12-22)25(26)17-10-20-8-15-24(16-9-20)27-18-21-6-4-3-5-7-21/h3-17,19H,18H2,1-2H3/b17-10+. The summed E-state index contributed by atoms with van der Waals surface area (Å²) in [6, 6.07) is 25.6. The Morgan fingerprint density at radius 1 is 0.889 bits per heavy atom. The molecule has 0 aliphatic carbocycles. The summed E-state index contributed by atoms with van der Waals surface area (Å²) >= 11 is 0. The molecule has 3 aromatic carbocycles. The molecule has 3 rings (SSSR count). The fourth-order valence-electron chi connectivity index (χ4n) is 2.72. The van der Waals surface area contributed by atoms with Gasteiger partial charge in [-0.1, -0.05) is 86.7 Å². The number of benzene rings is 3. The van der Waals surface area contributed by atoms with E-state index in [2.05, 4.69) is 13.8 Å². The van der Waals surface area contributed by atoms with Gasteiger partial charge in [0.25, 0.3) is 0 Å². The zero-order chi connectivity index (χ0) is 19.1. The summed E-state index contributed by atoms with van der Waals surface area (Å²) in [6.07, 6.45) is 3.45. The molecule has 0 saturated carbocycles. The maximum atomic E-state index is 12.3. The van der Waals surface area contributed by atoms with Gasteiger partial charge in [-0.15, -0.1) is 0 Å². The predicted molar refractivity (Wildman–Crippen MR) is 111 cm³/mol. The number of ketones is 1. The third kappa shape index (κ3) is 5.42. The van der Waals surface area contributed by atoms with Crippen molar-refractivity contribution in [2.45, 2.75) is 26.4 Å². The van der Waals surface area contributed by atoms with Crippen LogP contribution in [0.15, 0.2) is 84.9 Å². The van der Waals surface area contributed by atoms with Gasteiger partial charge in [0, 0.05) is 5.56 Å². The van der Waals surface area contributed by atoms with E-state index in [0.29, 0.717) is 18.1 Å². The second-order valence-corrected chi connectivity index (χ2v) is 6.82. The summed E-state index contributed by atoms with van der Waals surface area (Å²) in [5.74, 6) is 1.29. The summed E-state index contributed by atoms with van der Waals surface area (Å²) in [5.41, 5.74) is 4.05. The summed E-state index contributed by atoms with van der Waals surface area (Å²) in [5, 5.41) is 0. The monoisotopic (exact) mass is 356 g/mol. The Morgan fingerprint density at radius 2 is 1.56 bits per heavy atom. The maximum Gasteiger partial charge on any atom is 0.185 e. The average Bonchev–Trinajstić information content (AvgIpc) is 2.72. The van der Waals surface area contributed by atoms with Crippen molar-refractivity contribution in [2.24, 2.45) is 0 Å². The second kappa shape index (κ2) is 9.00. The van der Waals surface area contributed by atoms with Crippen LogP contribution in [0.1, 0.15) is 46.8 Å². The molecule has 3 aromatic rings.